The molecule has 100 valence electrons. The molecule has 2 aromatic rings. The third kappa shape index (κ3) is 2.22. The van der Waals surface area contributed by atoms with Gasteiger partial charge >= 0.3 is 0 Å². The highest BCUT2D eigenvalue weighted by Crippen LogP contribution is 2.27. The van der Waals surface area contributed by atoms with E-state index in [4.69, 9.17) is 14.2 Å². The van der Waals surface area contributed by atoms with Crippen LogP contribution < -0.4 is 4.74 Å². The highest BCUT2D eigenvalue weighted by atomic mass is 16.7. The van der Waals surface area contributed by atoms with Crippen LogP contribution in [-0.2, 0) is 9.47 Å². The lowest BCUT2D eigenvalue weighted by Gasteiger charge is -2.09. The molecule has 5 nitrogen and oxygen atoms in total. The van der Waals surface area contributed by atoms with Gasteiger partial charge in [-0.15, -0.1) is 0 Å². The molecule has 1 aliphatic rings. The SMILES string of the molecule is COc1ccc(-n2ncc(C3OCCO3)c2C)cc1. The van der Waals surface area contributed by atoms with Crippen LogP contribution in [0.3, 0.4) is 0 Å². The van der Waals surface area contributed by atoms with E-state index in [2.05, 4.69) is 5.10 Å². The van der Waals surface area contributed by atoms with Crippen LogP contribution in [-0.4, -0.2) is 30.1 Å². The Morgan fingerprint density at radius 1 is 1.21 bits per heavy atom. The minimum atomic E-state index is -0.285. The number of nitrogens with zero attached hydrogens (tertiary/aromatic N) is 2. The summed E-state index contributed by atoms with van der Waals surface area (Å²) < 4.78 is 18.0. The summed E-state index contributed by atoms with van der Waals surface area (Å²) in [7, 11) is 1.65. The van der Waals surface area contributed by atoms with Gasteiger partial charge in [0.15, 0.2) is 6.29 Å². The number of ether oxygens (including phenoxy) is 3. The van der Waals surface area contributed by atoms with Crippen LogP contribution in [0.25, 0.3) is 5.69 Å². The van der Waals surface area contributed by atoms with E-state index in [0.717, 1.165) is 22.7 Å². The molecule has 0 atom stereocenters. The molecular formula is C14H16N2O3. The fraction of sp³-hybridized carbons (Fsp3) is 0.357. The smallest absolute Gasteiger partial charge is 0.187 e. The Labute approximate surface area is 111 Å². The Kier molecular flexibility index (Phi) is 3.23. The van der Waals surface area contributed by atoms with Crippen molar-refractivity contribution in [2.75, 3.05) is 20.3 Å². The van der Waals surface area contributed by atoms with Crippen LogP contribution in [0.2, 0.25) is 0 Å². The number of methoxy groups -OCH3 is 1. The van der Waals surface area contributed by atoms with Gasteiger partial charge in [0.2, 0.25) is 0 Å². The fourth-order valence-corrected chi connectivity index (χ4v) is 2.18. The van der Waals surface area contributed by atoms with E-state index in [0.29, 0.717) is 13.2 Å². The molecule has 0 bridgehead atoms. The monoisotopic (exact) mass is 260 g/mol. The fourth-order valence-electron chi connectivity index (χ4n) is 2.18. The van der Waals surface area contributed by atoms with Crippen molar-refractivity contribution >= 4 is 0 Å². The van der Waals surface area contributed by atoms with Gasteiger partial charge in [-0.2, -0.15) is 5.10 Å². The number of benzene rings is 1. The molecule has 0 unspecified atom stereocenters. The van der Waals surface area contributed by atoms with Crippen LogP contribution in [0.1, 0.15) is 17.5 Å². The molecule has 1 aliphatic heterocycles. The van der Waals surface area contributed by atoms with Crippen molar-refractivity contribution in [3.8, 4) is 11.4 Å². The van der Waals surface area contributed by atoms with E-state index < -0.39 is 0 Å². The van der Waals surface area contributed by atoms with Gasteiger partial charge in [0.1, 0.15) is 5.75 Å². The zero-order chi connectivity index (χ0) is 13.2. The summed E-state index contributed by atoms with van der Waals surface area (Å²) >= 11 is 0. The first-order valence-corrected chi connectivity index (χ1v) is 6.22. The Bertz CT molecular complexity index is 557. The average molecular weight is 260 g/mol. The Morgan fingerprint density at radius 2 is 1.89 bits per heavy atom. The molecule has 1 aromatic carbocycles. The lowest BCUT2D eigenvalue weighted by Crippen LogP contribution is -2.02. The third-order valence-corrected chi connectivity index (χ3v) is 3.24. The number of rotatable bonds is 3. The molecule has 1 saturated heterocycles. The summed E-state index contributed by atoms with van der Waals surface area (Å²) in [6.45, 7) is 3.28. The van der Waals surface area contributed by atoms with E-state index >= 15 is 0 Å². The maximum absolute atomic E-state index is 5.51. The third-order valence-electron chi connectivity index (χ3n) is 3.24. The molecule has 0 amide bonds. The van der Waals surface area contributed by atoms with Crippen LogP contribution in [0.4, 0.5) is 0 Å². The first kappa shape index (κ1) is 12.2. The van der Waals surface area contributed by atoms with Gasteiger partial charge in [0, 0.05) is 11.3 Å². The van der Waals surface area contributed by atoms with E-state index in [1.165, 1.54) is 0 Å². The first-order chi connectivity index (χ1) is 9.29. The Balaban J connectivity index is 1.92. The van der Waals surface area contributed by atoms with Crippen molar-refractivity contribution in [3.05, 3.63) is 41.7 Å². The van der Waals surface area contributed by atoms with Gasteiger partial charge in [0.05, 0.1) is 32.2 Å². The van der Waals surface area contributed by atoms with Crippen molar-refractivity contribution in [3.63, 3.8) is 0 Å². The summed E-state index contributed by atoms with van der Waals surface area (Å²) in [5.41, 5.74) is 2.99. The maximum atomic E-state index is 5.51. The average Bonchev–Trinajstić information content (AvgIpc) is 3.08. The predicted molar refractivity (Wildman–Crippen MR) is 69.5 cm³/mol. The minimum absolute atomic E-state index is 0.285. The zero-order valence-corrected chi connectivity index (χ0v) is 11.0. The molecule has 0 N–H and O–H groups in total. The van der Waals surface area contributed by atoms with Crippen LogP contribution in [0.5, 0.6) is 5.75 Å². The van der Waals surface area contributed by atoms with Gasteiger partial charge in [-0.1, -0.05) is 0 Å². The van der Waals surface area contributed by atoms with E-state index in [1.54, 1.807) is 13.3 Å². The van der Waals surface area contributed by atoms with Crippen molar-refractivity contribution in [2.45, 2.75) is 13.2 Å². The van der Waals surface area contributed by atoms with Crippen molar-refractivity contribution in [1.29, 1.82) is 0 Å². The lowest BCUT2D eigenvalue weighted by atomic mass is 10.2. The van der Waals surface area contributed by atoms with Gasteiger partial charge in [-0.3, -0.25) is 0 Å². The molecule has 0 aliphatic carbocycles. The molecule has 19 heavy (non-hydrogen) atoms. The van der Waals surface area contributed by atoms with E-state index in [9.17, 15) is 0 Å². The number of aromatic nitrogens is 2. The van der Waals surface area contributed by atoms with Crippen molar-refractivity contribution in [1.82, 2.24) is 9.78 Å². The molecule has 1 fully saturated rings. The van der Waals surface area contributed by atoms with Crippen molar-refractivity contribution < 1.29 is 14.2 Å². The number of hydrogen-bond acceptors (Lipinski definition) is 4. The molecule has 0 saturated carbocycles. The largest absolute Gasteiger partial charge is 0.497 e. The quantitative estimate of drug-likeness (QED) is 0.849. The molecule has 5 heteroatoms. The highest BCUT2D eigenvalue weighted by molar-refractivity contribution is 5.39. The molecule has 1 aromatic heterocycles. The predicted octanol–water partition coefficient (Wildman–Crippen LogP) is 2.23. The summed E-state index contributed by atoms with van der Waals surface area (Å²) in [5, 5.41) is 4.40. The van der Waals surface area contributed by atoms with Gasteiger partial charge in [-0.25, -0.2) is 4.68 Å². The molecule has 0 radical (unpaired) electrons. The van der Waals surface area contributed by atoms with Crippen molar-refractivity contribution in [2.24, 2.45) is 0 Å². The second-order valence-electron chi connectivity index (χ2n) is 4.37. The number of hydrogen-bond donors (Lipinski definition) is 0. The first-order valence-electron chi connectivity index (χ1n) is 6.22. The topological polar surface area (TPSA) is 45.5 Å². The lowest BCUT2D eigenvalue weighted by molar-refractivity contribution is -0.0445. The second-order valence-corrected chi connectivity index (χ2v) is 4.37. The summed E-state index contributed by atoms with van der Waals surface area (Å²) in [5.74, 6) is 0.830. The molecule has 2 heterocycles. The summed E-state index contributed by atoms with van der Waals surface area (Å²) in [4.78, 5) is 0. The van der Waals surface area contributed by atoms with E-state index in [-0.39, 0.29) is 6.29 Å². The molecular weight excluding hydrogens is 244 g/mol. The standard InChI is InChI=1S/C14H16N2O3/c1-10-13(14-18-7-8-19-14)9-15-16(10)11-3-5-12(17-2)6-4-11/h3-6,9,14H,7-8H2,1-2H3. The van der Waals surface area contributed by atoms with Gasteiger partial charge < -0.3 is 14.2 Å². The summed E-state index contributed by atoms with van der Waals surface area (Å²) in [6, 6.07) is 7.77. The Morgan fingerprint density at radius 3 is 2.53 bits per heavy atom. The molecule has 3 rings (SSSR count). The second kappa shape index (κ2) is 5.03. The van der Waals surface area contributed by atoms with Crippen LogP contribution in [0.15, 0.2) is 30.5 Å². The van der Waals surface area contributed by atoms with Crippen LogP contribution >= 0.6 is 0 Å². The zero-order valence-electron chi connectivity index (χ0n) is 11.0. The van der Waals surface area contributed by atoms with E-state index in [1.807, 2.05) is 35.9 Å². The Hall–Kier alpha value is -1.85. The normalized spacial score (nSPS) is 15.9. The maximum Gasteiger partial charge on any atom is 0.187 e. The molecule has 0 spiro atoms. The highest BCUT2D eigenvalue weighted by Gasteiger charge is 2.23. The van der Waals surface area contributed by atoms with Gasteiger partial charge in [0.25, 0.3) is 0 Å². The minimum Gasteiger partial charge on any atom is -0.497 e. The van der Waals surface area contributed by atoms with Gasteiger partial charge in [-0.05, 0) is 31.2 Å². The van der Waals surface area contributed by atoms with Crippen LogP contribution in [0, 0.1) is 6.92 Å². The summed E-state index contributed by atoms with van der Waals surface area (Å²) in [6.07, 6.45) is 1.52.